The minimum absolute atomic E-state index is 0.333. The third-order valence-corrected chi connectivity index (χ3v) is 0.828. The molecule has 0 aliphatic rings. The molecule has 0 aromatic rings. The molecule has 0 spiro atoms. The Labute approximate surface area is 81.0 Å². The molecule has 6 nitrogen and oxygen atoms in total. The van der Waals surface area contributed by atoms with Crippen molar-refractivity contribution in [1.29, 1.82) is 5.26 Å². The minimum Gasteiger partial charge on any atom is -0.477 e. The van der Waals surface area contributed by atoms with Gasteiger partial charge in [0.05, 0.1) is 6.61 Å². The van der Waals surface area contributed by atoms with E-state index in [1.165, 1.54) is 6.07 Å². The molecular weight excluding hydrogens is 190 g/mol. The number of aliphatic carboxylic acids is 1. The van der Waals surface area contributed by atoms with Gasteiger partial charge in [-0.3, -0.25) is 0 Å². The van der Waals surface area contributed by atoms with Gasteiger partial charge in [-0.1, -0.05) is 6.58 Å². The first kappa shape index (κ1) is 14.6. The first-order valence-corrected chi connectivity index (χ1v) is 3.58. The third kappa shape index (κ3) is 10.1. The molecule has 6 heteroatoms. The second kappa shape index (κ2) is 9.22. The summed E-state index contributed by atoms with van der Waals surface area (Å²) in [6.07, 6.45) is 0. The Kier molecular flexibility index (Phi) is 9.64. The van der Waals surface area contributed by atoms with Crippen LogP contribution in [0.25, 0.3) is 0 Å². The van der Waals surface area contributed by atoms with Crippen LogP contribution in [-0.2, 0) is 14.3 Å². The maximum absolute atomic E-state index is 9.94. The molecule has 0 saturated heterocycles. The van der Waals surface area contributed by atoms with Crippen LogP contribution in [0, 0.1) is 11.3 Å². The number of rotatable bonds is 3. The quantitative estimate of drug-likeness (QED) is 0.368. The van der Waals surface area contributed by atoms with E-state index in [9.17, 15) is 9.59 Å². The second-order valence-electron chi connectivity index (χ2n) is 1.86. The highest BCUT2D eigenvalue weighted by molar-refractivity contribution is 5.90. The van der Waals surface area contributed by atoms with Gasteiger partial charge in [-0.05, 0) is 6.92 Å². The second-order valence-corrected chi connectivity index (χ2v) is 1.86. The number of hydrogen-bond acceptors (Lipinski definition) is 5. The van der Waals surface area contributed by atoms with Crippen molar-refractivity contribution in [2.75, 3.05) is 13.2 Å². The molecule has 0 rings (SSSR count). The van der Waals surface area contributed by atoms with Crippen LogP contribution in [0.15, 0.2) is 12.2 Å². The molecule has 0 heterocycles. The lowest BCUT2D eigenvalue weighted by atomic mass is 10.4. The summed E-state index contributed by atoms with van der Waals surface area (Å²) in [5.41, 5.74) is -0.431. The molecule has 2 N–H and O–H groups in total. The number of carboxylic acid groups (broad SMARTS) is 1. The lowest BCUT2D eigenvalue weighted by Gasteiger charge is -1.93. The van der Waals surface area contributed by atoms with E-state index in [-0.39, 0.29) is 0 Å². The number of carboxylic acids is 1. The number of carbonyl (C=O) groups is 2. The van der Waals surface area contributed by atoms with E-state index in [1.807, 2.05) is 0 Å². The van der Waals surface area contributed by atoms with Crippen LogP contribution >= 0.6 is 0 Å². The molecule has 0 atom stereocenters. The average molecular weight is 201 g/mol. The maximum atomic E-state index is 9.94. The average Bonchev–Trinajstić information content (AvgIpc) is 2.17. The van der Waals surface area contributed by atoms with Crippen LogP contribution in [0.5, 0.6) is 0 Å². The zero-order valence-electron chi connectivity index (χ0n) is 7.69. The van der Waals surface area contributed by atoms with Gasteiger partial charge >= 0.3 is 11.9 Å². The topological polar surface area (TPSA) is 108 Å². The van der Waals surface area contributed by atoms with E-state index in [0.29, 0.717) is 6.61 Å². The predicted molar refractivity (Wildman–Crippen MR) is 46.1 cm³/mol. The lowest BCUT2D eigenvalue weighted by molar-refractivity contribution is -0.146. The van der Waals surface area contributed by atoms with Crippen molar-refractivity contribution < 1.29 is 24.5 Å². The molecule has 0 aliphatic carbocycles. The molecule has 0 radical (unpaired) electrons. The number of aliphatic hydroxyl groups excluding tert-OH is 1. The highest BCUT2D eigenvalue weighted by Gasteiger charge is 1.97. The molecule has 0 aromatic heterocycles. The largest absolute Gasteiger partial charge is 0.477 e. The standard InChI is InChI=1S/C4H3NO2.C4H8O3/c1-3(2-5)4(6)7;1-2-7-4(6)3-5/h1H2,(H,6,7);5H,2-3H2,1H3. The molecule has 0 bridgehead atoms. The van der Waals surface area contributed by atoms with Crippen molar-refractivity contribution in [1.82, 2.24) is 0 Å². The van der Waals surface area contributed by atoms with Gasteiger partial charge in [0.15, 0.2) is 0 Å². The Balaban J connectivity index is 0. The van der Waals surface area contributed by atoms with Gasteiger partial charge in [0, 0.05) is 0 Å². The molecule has 0 aromatic carbocycles. The lowest BCUT2D eigenvalue weighted by Crippen LogP contribution is -2.07. The van der Waals surface area contributed by atoms with Crippen molar-refractivity contribution in [3.63, 3.8) is 0 Å². The van der Waals surface area contributed by atoms with E-state index in [2.05, 4.69) is 11.3 Å². The smallest absolute Gasteiger partial charge is 0.345 e. The van der Waals surface area contributed by atoms with Gasteiger partial charge in [-0.15, -0.1) is 0 Å². The van der Waals surface area contributed by atoms with Crippen molar-refractivity contribution in [2.24, 2.45) is 0 Å². The fourth-order valence-corrected chi connectivity index (χ4v) is 0.254. The molecule has 14 heavy (non-hydrogen) atoms. The Morgan fingerprint density at radius 3 is 2.14 bits per heavy atom. The van der Waals surface area contributed by atoms with Gasteiger partial charge in [-0.25, -0.2) is 9.59 Å². The molecule has 78 valence electrons. The highest BCUT2D eigenvalue weighted by Crippen LogP contribution is 1.81. The van der Waals surface area contributed by atoms with Crippen molar-refractivity contribution in [3.8, 4) is 6.07 Å². The zero-order valence-corrected chi connectivity index (χ0v) is 7.69. The molecular formula is C8H11NO5. The summed E-state index contributed by atoms with van der Waals surface area (Å²) >= 11 is 0. The summed E-state index contributed by atoms with van der Waals surface area (Å²) in [6.45, 7) is 4.41. The van der Waals surface area contributed by atoms with E-state index in [4.69, 9.17) is 15.5 Å². The summed E-state index contributed by atoms with van der Waals surface area (Å²) in [6, 6.07) is 1.37. The number of nitrogens with zero attached hydrogens (tertiary/aromatic N) is 1. The van der Waals surface area contributed by atoms with E-state index in [0.717, 1.165) is 0 Å². The maximum Gasteiger partial charge on any atom is 0.345 e. The Bertz CT molecular complexity index is 253. The van der Waals surface area contributed by atoms with Crippen molar-refractivity contribution >= 4 is 11.9 Å². The Hall–Kier alpha value is -1.87. The van der Waals surface area contributed by atoms with Gasteiger partial charge in [-0.2, -0.15) is 5.26 Å². The van der Waals surface area contributed by atoms with E-state index < -0.39 is 24.1 Å². The summed E-state index contributed by atoms with van der Waals surface area (Å²) in [5.74, 6) is -1.83. The normalized spacial score (nSPS) is 7.50. The van der Waals surface area contributed by atoms with Crippen LogP contribution in [0.3, 0.4) is 0 Å². The number of aliphatic hydroxyl groups is 1. The molecule has 0 unspecified atom stereocenters. The Morgan fingerprint density at radius 2 is 2.07 bits per heavy atom. The van der Waals surface area contributed by atoms with Gasteiger partial charge in [0.1, 0.15) is 18.2 Å². The Morgan fingerprint density at radius 1 is 1.57 bits per heavy atom. The summed E-state index contributed by atoms with van der Waals surface area (Å²) < 4.78 is 4.30. The number of hydrogen-bond donors (Lipinski definition) is 2. The van der Waals surface area contributed by atoms with Crippen LogP contribution in [0.1, 0.15) is 6.92 Å². The van der Waals surface area contributed by atoms with Crippen molar-refractivity contribution in [2.45, 2.75) is 6.92 Å². The SMILES string of the molecule is C=C(C#N)C(=O)O.CCOC(=O)CO. The molecule has 0 fully saturated rings. The number of nitriles is 1. The molecule has 0 amide bonds. The first-order valence-electron chi connectivity index (χ1n) is 3.58. The highest BCUT2D eigenvalue weighted by atomic mass is 16.5. The zero-order chi connectivity index (χ0) is 11.6. The summed E-state index contributed by atoms with van der Waals surface area (Å²) in [5, 5.41) is 23.6. The first-order chi connectivity index (χ1) is 6.49. The van der Waals surface area contributed by atoms with Crippen LogP contribution in [0.4, 0.5) is 0 Å². The van der Waals surface area contributed by atoms with Gasteiger partial charge < -0.3 is 14.9 Å². The van der Waals surface area contributed by atoms with Crippen LogP contribution < -0.4 is 0 Å². The monoisotopic (exact) mass is 201 g/mol. The summed E-state index contributed by atoms with van der Waals surface area (Å²) in [4.78, 5) is 19.5. The minimum atomic E-state index is -1.26. The summed E-state index contributed by atoms with van der Waals surface area (Å²) in [7, 11) is 0. The van der Waals surface area contributed by atoms with Gasteiger partial charge in [0.2, 0.25) is 0 Å². The predicted octanol–water partition coefficient (Wildman–Crippen LogP) is -0.307. The third-order valence-electron chi connectivity index (χ3n) is 0.828. The number of ether oxygens (including phenoxy) is 1. The number of carbonyl (C=O) groups excluding carboxylic acids is 1. The number of esters is 1. The molecule has 0 saturated carbocycles. The van der Waals surface area contributed by atoms with Crippen LogP contribution in [-0.4, -0.2) is 35.4 Å². The fourth-order valence-electron chi connectivity index (χ4n) is 0.254. The molecule has 0 aliphatic heterocycles. The van der Waals surface area contributed by atoms with E-state index >= 15 is 0 Å². The van der Waals surface area contributed by atoms with E-state index in [1.54, 1.807) is 6.92 Å². The van der Waals surface area contributed by atoms with Crippen molar-refractivity contribution in [3.05, 3.63) is 12.2 Å². The van der Waals surface area contributed by atoms with Gasteiger partial charge in [0.25, 0.3) is 0 Å². The fraction of sp³-hybridized carbons (Fsp3) is 0.375. The van der Waals surface area contributed by atoms with Crippen LogP contribution in [0.2, 0.25) is 0 Å².